The smallest absolute Gasteiger partial charge is 0.191 e. The number of aromatic nitrogens is 1. The average molecular weight is 420 g/mol. The van der Waals surface area contributed by atoms with Crippen LogP contribution in [0.5, 0.6) is 5.75 Å². The molecule has 0 bridgehead atoms. The van der Waals surface area contributed by atoms with E-state index in [1.54, 1.807) is 18.4 Å². The number of hydrogen-bond acceptors (Lipinski definition) is 6. The first-order valence-electron chi connectivity index (χ1n) is 9.88. The van der Waals surface area contributed by atoms with E-state index in [-0.39, 0.29) is 0 Å². The molecule has 0 aliphatic heterocycles. The van der Waals surface area contributed by atoms with Gasteiger partial charge in [0, 0.05) is 51.7 Å². The Kier molecular flexibility index (Phi) is 9.73. The quantitative estimate of drug-likeness (QED) is 0.331. The molecule has 0 amide bonds. The van der Waals surface area contributed by atoms with E-state index in [4.69, 9.17) is 14.5 Å². The lowest BCUT2D eigenvalue weighted by atomic mass is 10.1. The largest absolute Gasteiger partial charge is 0.493 e. The summed E-state index contributed by atoms with van der Waals surface area (Å²) in [6.07, 6.45) is 0.861. The molecule has 1 aromatic heterocycles. The fourth-order valence-electron chi connectivity index (χ4n) is 2.58. The SMILES string of the molecule is CCNC(=NCc1ccc(C)cc1OCCCOC)NCc1csc(N(C)C)n1. The van der Waals surface area contributed by atoms with E-state index in [9.17, 15) is 0 Å². The van der Waals surface area contributed by atoms with Gasteiger partial charge >= 0.3 is 0 Å². The van der Waals surface area contributed by atoms with Crippen molar-refractivity contribution >= 4 is 22.4 Å². The summed E-state index contributed by atoms with van der Waals surface area (Å²) < 4.78 is 11.1. The molecule has 8 heteroatoms. The summed E-state index contributed by atoms with van der Waals surface area (Å²) in [6, 6.07) is 6.24. The van der Waals surface area contributed by atoms with Crippen molar-refractivity contribution in [2.45, 2.75) is 33.4 Å². The van der Waals surface area contributed by atoms with Crippen molar-refractivity contribution in [3.05, 3.63) is 40.4 Å². The molecule has 1 heterocycles. The van der Waals surface area contributed by atoms with Gasteiger partial charge in [-0.25, -0.2) is 9.98 Å². The Morgan fingerprint density at radius 3 is 2.76 bits per heavy atom. The lowest BCUT2D eigenvalue weighted by molar-refractivity contribution is 0.172. The molecule has 2 N–H and O–H groups in total. The molecule has 0 aliphatic carbocycles. The molecule has 2 aromatic rings. The van der Waals surface area contributed by atoms with Gasteiger partial charge in [0.05, 0.1) is 25.4 Å². The highest BCUT2D eigenvalue weighted by Gasteiger charge is 2.07. The maximum absolute atomic E-state index is 5.96. The molecule has 7 nitrogen and oxygen atoms in total. The molecular formula is C21H33N5O2S. The van der Waals surface area contributed by atoms with Crippen LogP contribution in [0.25, 0.3) is 0 Å². The lowest BCUT2D eigenvalue weighted by Crippen LogP contribution is -2.36. The number of rotatable bonds is 11. The molecular weight excluding hydrogens is 386 g/mol. The van der Waals surface area contributed by atoms with E-state index in [1.165, 1.54) is 5.56 Å². The third kappa shape index (κ3) is 7.91. The molecule has 0 spiro atoms. The van der Waals surface area contributed by atoms with Gasteiger partial charge in [-0.3, -0.25) is 0 Å². The Morgan fingerprint density at radius 2 is 2.07 bits per heavy atom. The third-order valence-electron chi connectivity index (χ3n) is 4.08. The first kappa shape index (κ1) is 23.0. The summed E-state index contributed by atoms with van der Waals surface area (Å²) in [4.78, 5) is 11.3. The first-order valence-corrected chi connectivity index (χ1v) is 10.8. The van der Waals surface area contributed by atoms with Crippen LogP contribution in [0.15, 0.2) is 28.6 Å². The summed E-state index contributed by atoms with van der Waals surface area (Å²) >= 11 is 1.64. The van der Waals surface area contributed by atoms with Crippen molar-refractivity contribution in [1.29, 1.82) is 0 Å². The van der Waals surface area contributed by atoms with Crippen molar-refractivity contribution in [2.24, 2.45) is 4.99 Å². The highest BCUT2D eigenvalue weighted by atomic mass is 32.1. The number of ether oxygens (including phenoxy) is 2. The van der Waals surface area contributed by atoms with Crippen molar-refractivity contribution in [2.75, 3.05) is 45.9 Å². The average Bonchev–Trinajstić information content (AvgIpc) is 3.18. The number of guanidine groups is 1. The monoisotopic (exact) mass is 419 g/mol. The highest BCUT2D eigenvalue weighted by Crippen LogP contribution is 2.22. The van der Waals surface area contributed by atoms with Crippen LogP contribution in [0.3, 0.4) is 0 Å². The van der Waals surface area contributed by atoms with Gasteiger partial charge in [-0.2, -0.15) is 0 Å². The molecule has 1 aromatic carbocycles. The van der Waals surface area contributed by atoms with E-state index in [0.29, 0.717) is 26.3 Å². The predicted molar refractivity (Wildman–Crippen MR) is 121 cm³/mol. The molecule has 0 saturated heterocycles. The molecule has 160 valence electrons. The van der Waals surface area contributed by atoms with Crippen LogP contribution in [0.1, 0.15) is 30.2 Å². The second-order valence-corrected chi connectivity index (χ2v) is 7.71. The van der Waals surface area contributed by atoms with Crippen LogP contribution in [-0.4, -0.2) is 51.9 Å². The fourth-order valence-corrected chi connectivity index (χ4v) is 3.33. The lowest BCUT2D eigenvalue weighted by Gasteiger charge is -2.13. The standard InChI is InChI=1S/C21H33N5O2S/c1-6-22-20(24-14-18-15-29-21(25-18)26(3)4)23-13-17-9-8-16(2)12-19(17)28-11-7-10-27-5/h8-9,12,15H,6-7,10-11,13-14H2,1-5H3,(H2,22,23,24). The van der Waals surface area contributed by atoms with Gasteiger partial charge in [0.2, 0.25) is 0 Å². The second-order valence-electron chi connectivity index (χ2n) is 6.87. The first-order chi connectivity index (χ1) is 14.0. The van der Waals surface area contributed by atoms with E-state index in [1.807, 2.05) is 19.0 Å². The van der Waals surface area contributed by atoms with Gasteiger partial charge in [0.15, 0.2) is 11.1 Å². The highest BCUT2D eigenvalue weighted by molar-refractivity contribution is 7.13. The minimum Gasteiger partial charge on any atom is -0.493 e. The zero-order chi connectivity index (χ0) is 21.1. The minimum atomic E-state index is 0.537. The van der Waals surface area contributed by atoms with Gasteiger partial charge in [-0.15, -0.1) is 11.3 Å². The van der Waals surface area contributed by atoms with Crippen LogP contribution in [0, 0.1) is 6.92 Å². The molecule has 0 fully saturated rings. The number of methoxy groups -OCH3 is 1. The predicted octanol–water partition coefficient (Wildman–Crippen LogP) is 3.19. The molecule has 2 rings (SSSR count). The summed E-state index contributed by atoms with van der Waals surface area (Å²) in [5, 5.41) is 9.71. The number of thiazole rings is 1. The minimum absolute atomic E-state index is 0.537. The van der Waals surface area contributed by atoms with Crippen molar-refractivity contribution < 1.29 is 9.47 Å². The summed E-state index contributed by atoms with van der Waals surface area (Å²) in [6.45, 7) is 7.40. The van der Waals surface area contributed by atoms with Crippen LogP contribution in [0.4, 0.5) is 5.13 Å². The van der Waals surface area contributed by atoms with Crippen molar-refractivity contribution in [3.63, 3.8) is 0 Å². The van der Waals surface area contributed by atoms with Gasteiger partial charge in [0.1, 0.15) is 5.75 Å². The fraction of sp³-hybridized carbons (Fsp3) is 0.524. The summed E-state index contributed by atoms with van der Waals surface area (Å²) in [7, 11) is 5.70. The Balaban J connectivity index is 2.00. The van der Waals surface area contributed by atoms with Crippen molar-refractivity contribution in [3.8, 4) is 5.75 Å². The van der Waals surface area contributed by atoms with Crippen LogP contribution < -0.4 is 20.3 Å². The maximum Gasteiger partial charge on any atom is 0.191 e. The molecule has 0 radical (unpaired) electrons. The van der Waals surface area contributed by atoms with Crippen LogP contribution in [-0.2, 0) is 17.8 Å². The number of nitrogens with one attached hydrogen (secondary N) is 2. The zero-order valence-corrected chi connectivity index (χ0v) is 18.9. The topological polar surface area (TPSA) is 71.0 Å². The second kappa shape index (κ2) is 12.3. The molecule has 0 atom stereocenters. The molecule has 0 unspecified atom stereocenters. The normalized spacial score (nSPS) is 11.4. The van der Waals surface area contributed by atoms with E-state index in [0.717, 1.165) is 41.1 Å². The van der Waals surface area contributed by atoms with Crippen molar-refractivity contribution in [1.82, 2.24) is 15.6 Å². The molecule has 0 saturated carbocycles. The van der Waals surface area contributed by atoms with Gasteiger partial charge < -0.3 is 25.0 Å². The number of aryl methyl sites for hydroxylation is 1. The molecule has 0 aliphatic rings. The Morgan fingerprint density at radius 1 is 1.24 bits per heavy atom. The summed E-state index contributed by atoms with van der Waals surface area (Å²) in [5.41, 5.74) is 3.24. The number of aliphatic imine (C=N–C) groups is 1. The van der Waals surface area contributed by atoms with Crippen LogP contribution >= 0.6 is 11.3 Å². The van der Waals surface area contributed by atoms with Gasteiger partial charge in [-0.05, 0) is 25.5 Å². The van der Waals surface area contributed by atoms with Gasteiger partial charge in [0.25, 0.3) is 0 Å². The Hall–Kier alpha value is -2.32. The molecule has 29 heavy (non-hydrogen) atoms. The number of anilines is 1. The number of benzene rings is 1. The van der Waals surface area contributed by atoms with Crippen LogP contribution in [0.2, 0.25) is 0 Å². The van der Waals surface area contributed by atoms with E-state index in [2.05, 4.69) is 53.0 Å². The third-order valence-corrected chi connectivity index (χ3v) is 5.14. The maximum atomic E-state index is 5.96. The Bertz CT molecular complexity index is 776. The Labute approximate surface area is 178 Å². The number of nitrogens with zero attached hydrogens (tertiary/aromatic N) is 3. The van der Waals surface area contributed by atoms with E-state index >= 15 is 0 Å². The zero-order valence-electron chi connectivity index (χ0n) is 18.1. The summed E-state index contributed by atoms with van der Waals surface area (Å²) in [5.74, 6) is 1.65. The number of hydrogen-bond donors (Lipinski definition) is 2. The van der Waals surface area contributed by atoms with E-state index < -0.39 is 0 Å². The van der Waals surface area contributed by atoms with Gasteiger partial charge in [-0.1, -0.05) is 12.1 Å².